The van der Waals surface area contributed by atoms with E-state index in [2.05, 4.69) is 22.2 Å². The first kappa shape index (κ1) is 11.5. The lowest BCUT2D eigenvalue weighted by Crippen LogP contribution is -2.18. The molecule has 0 aromatic carbocycles. The van der Waals surface area contributed by atoms with Gasteiger partial charge in [-0.05, 0) is 18.6 Å². The Bertz CT molecular complexity index is 329. The minimum Gasteiger partial charge on any atom is -0.478 e. The second-order valence-corrected chi connectivity index (χ2v) is 4.94. The Kier molecular flexibility index (Phi) is 4.27. The largest absolute Gasteiger partial charge is 0.478 e. The molecule has 5 heteroatoms. The van der Waals surface area contributed by atoms with E-state index in [1.54, 1.807) is 6.33 Å². The maximum absolute atomic E-state index is 5.46. The van der Waals surface area contributed by atoms with Crippen molar-refractivity contribution in [2.45, 2.75) is 25.8 Å². The molecule has 1 unspecified atom stereocenters. The van der Waals surface area contributed by atoms with E-state index >= 15 is 0 Å². The summed E-state index contributed by atoms with van der Waals surface area (Å²) in [5.74, 6) is 3.93. The van der Waals surface area contributed by atoms with Crippen molar-refractivity contribution in [3.63, 3.8) is 0 Å². The maximum atomic E-state index is 5.46. The molecule has 1 aromatic heterocycles. The van der Waals surface area contributed by atoms with Gasteiger partial charge in [-0.15, -0.1) is 0 Å². The molecule has 1 aliphatic rings. The molecule has 0 spiro atoms. The number of nitrogens with one attached hydrogen (secondary N) is 1. The average Bonchev–Trinajstić information content (AvgIpc) is 2.80. The quantitative estimate of drug-likeness (QED) is 0.853. The monoisotopic (exact) mass is 239 g/mol. The van der Waals surface area contributed by atoms with Gasteiger partial charge in [0.2, 0.25) is 5.88 Å². The molecule has 0 aliphatic carbocycles. The molecular formula is C11H17N3OS. The van der Waals surface area contributed by atoms with Gasteiger partial charge < -0.3 is 10.1 Å². The molecule has 0 saturated carbocycles. The predicted octanol–water partition coefficient (Wildman–Crippen LogP) is 2.18. The summed E-state index contributed by atoms with van der Waals surface area (Å²) in [5, 5.41) is 3.41. The lowest BCUT2D eigenvalue weighted by atomic mass is 10.2. The van der Waals surface area contributed by atoms with Crippen LogP contribution in [0.4, 0.5) is 5.82 Å². The van der Waals surface area contributed by atoms with Crippen molar-refractivity contribution in [1.29, 1.82) is 0 Å². The Morgan fingerprint density at radius 1 is 1.56 bits per heavy atom. The molecule has 88 valence electrons. The van der Waals surface area contributed by atoms with Crippen molar-refractivity contribution >= 4 is 17.6 Å². The fraction of sp³-hybridized carbons (Fsp3) is 0.636. The highest BCUT2D eigenvalue weighted by atomic mass is 32.2. The van der Waals surface area contributed by atoms with E-state index in [0.29, 0.717) is 18.5 Å². The average molecular weight is 239 g/mol. The normalized spacial score (nSPS) is 19.7. The first-order valence-electron chi connectivity index (χ1n) is 5.67. The molecule has 2 rings (SSSR count). The molecule has 1 N–H and O–H groups in total. The molecule has 1 aromatic rings. The van der Waals surface area contributed by atoms with Gasteiger partial charge in [0.1, 0.15) is 12.1 Å². The van der Waals surface area contributed by atoms with Crippen molar-refractivity contribution in [2.24, 2.45) is 0 Å². The molecule has 4 nitrogen and oxygen atoms in total. The summed E-state index contributed by atoms with van der Waals surface area (Å²) in [6, 6.07) is 2.41. The molecular weight excluding hydrogens is 222 g/mol. The van der Waals surface area contributed by atoms with Crippen LogP contribution in [0.15, 0.2) is 12.4 Å². The van der Waals surface area contributed by atoms with Crippen molar-refractivity contribution in [1.82, 2.24) is 9.97 Å². The second kappa shape index (κ2) is 5.94. The molecule has 0 radical (unpaired) electrons. The molecule has 1 atom stereocenters. The molecule has 1 saturated heterocycles. The molecule has 16 heavy (non-hydrogen) atoms. The first-order valence-corrected chi connectivity index (χ1v) is 6.83. The molecule has 0 bridgehead atoms. The second-order valence-electron chi connectivity index (χ2n) is 3.79. The summed E-state index contributed by atoms with van der Waals surface area (Å²) < 4.78 is 5.46. The van der Waals surface area contributed by atoms with Gasteiger partial charge in [0.25, 0.3) is 0 Å². The van der Waals surface area contributed by atoms with Crippen molar-refractivity contribution in [2.75, 3.05) is 23.4 Å². The third-order valence-electron chi connectivity index (χ3n) is 2.38. The van der Waals surface area contributed by atoms with Gasteiger partial charge in [0, 0.05) is 17.9 Å². The topological polar surface area (TPSA) is 47.0 Å². The zero-order valence-electron chi connectivity index (χ0n) is 9.48. The van der Waals surface area contributed by atoms with E-state index in [0.717, 1.165) is 18.0 Å². The number of nitrogens with zero attached hydrogens (tertiary/aromatic N) is 2. The Hall–Kier alpha value is -0.970. The molecule has 1 aliphatic heterocycles. The number of anilines is 1. The van der Waals surface area contributed by atoms with Crippen LogP contribution in [0.1, 0.15) is 19.8 Å². The van der Waals surface area contributed by atoms with Crippen molar-refractivity contribution < 1.29 is 4.74 Å². The summed E-state index contributed by atoms with van der Waals surface area (Å²) in [5.41, 5.74) is 0. The lowest BCUT2D eigenvalue weighted by molar-refractivity contribution is 0.305. The van der Waals surface area contributed by atoms with Crippen LogP contribution >= 0.6 is 11.8 Å². The fourth-order valence-corrected chi connectivity index (χ4v) is 2.71. The first-order chi connectivity index (χ1) is 7.88. The van der Waals surface area contributed by atoms with Crippen LogP contribution in [0.2, 0.25) is 0 Å². The Morgan fingerprint density at radius 3 is 3.25 bits per heavy atom. The zero-order valence-corrected chi connectivity index (χ0v) is 10.3. The third-order valence-corrected chi connectivity index (χ3v) is 3.54. The number of hydrogen-bond acceptors (Lipinski definition) is 5. The van der Waals surface area contributed by atoms with E-state index < -0.39 is 0 Å². The summed E-state index contributed by atoms with van der Waals surface area (Å²) in [4.78, 5) is 8.27. The van der Waals surface area contributed by atoms with Gasteiger partial charge >= 0.3 is 0 Å². The fourth-order valence-electron chi connectivity index (χ4n) is 1.56. The number of rotatable bonds is 5. The zero-order chi connectivity index (χ0) is 11.2. The van der Waals surface area contributed by atoms with Gasteiger partial charge in [-0.3, -0.25) is 0 Å². The molecule has 2 heterocycles. The van der Waals surface area contributed by atoms with Crippen molar-refractivity contribution in [3.05, 3.63) is 12.4 Å². The predicted molar refractivity (Wildman–Crippen MR) is 67.2 cm³/mol. The van der Waals surface area contributed by atoms with Gasteiger partial charge in [0.05, 0.1) is 6.61 Å². The minimum atomic E-state index is 0.541. The van der Waals surface area contributed by atoms with Gasteiger partial charge in [0.15, 0.2) is 0 Å². The Morgan fingerprint density at radius 2 is 2.50 bits per heavy atom. The van der Waals surface area contributed by atoms with E-state index in [1.165, 1.54) is 12.2 Å². The minimum absolute atomic E-state index is 0.541. The summed E-state index contributed by atoms with van der Waals surface area (Å²) in [6.07, 6.45) is 3.75. The van der Waals surface area contributed by atoms with E-state index in [4.69, 9.17) is 4.74 Å². The van der Waals surface area contributed by atoms with E-state index in [1.807, 2.05) is 17.8 Å². The number of hydrogen-bond donors (Lipinski definition) is 1. The van der Waals surface area contributed by atoms with Gasteiger partial charge in [-0.2, -0.15) is 11.8 Å². The smallest absolute Gasteiger partial charge is 0.218 e. The van der Waals surface area contributed by atoms with Crippen LogP contribution in [0, 0.1) is 0 Å². The van der Waals surface area contributed by atoms with E-state index in [-0.39, 0.29) is 0 Å². The molecule has 1 fully saturated rings. The van der Waals surface area contributed by atoms with Crippen LogP contribution in [-0.2, 0) is 0 Å². The van der Waals surface area contributed by atoms with Crippen LogP contribution in [-0.4, -0.2) is 34.1 Å². The standard InChI is InChI=1S/C11H17N3OS/c1-2-4-15-11-6-10(12-8-13-11)14-9-3-5-16-7-9/h6,8-9H,2-5,7H2,1H3,(H,12,13,14). The SMILES string of the molecule is CCCOc1cc(NC2CCSC2)ncn1. The van der Waals surface area contributed by atoms with Crippen LogP contribution in [0.3, 0.4) is 0 Å². The highest BCUT2D eigenvalue weighted by molar-refractivity contribution is 7.99. The van der Waals surface area contributed by atoms with Gasteiger partial charge in [-0.25, -0.2) is 9.97 Å². The van der Waals surface area contributed by atoms with Crippen molar-refractivity contribution in [3.8, 4) is 5.88 Å². The Balaban J connectivity index is 1.92. The van der Waals surface area contributed by atoms with Crippen LogP contribution in [0.25, 0.3) is 0 Å². The van der Waals surface area contributed by atoms with E-state index in [9.17, 15) is 0 Å². The summed E-state index contributed by atoms with van der Waals surface area (Å²) in [7, 11) is 0. The lowest BCUT2D eigenvalue weighted by Gasteiger charge is -2.12. The number of thioether (sulfide) groups is 1. The highest BCUT2D eigenvalue weighted by Gasteiger charge is 2.15. The summed E-state index contributed by atoms with van der Waals surface area (Å²) in [6.45, 7) is 2.78. The number of ether oxygens (including phenoxy) is 1. The third kappa shape index (κ3) is 3.27. The summed E-state index contributed by atoms with van der Waals surface area (Å²) >= 11 is 1.98. The molecule has 0 amide bonds. The van der Waals surface area contributed by atoms with Gasteiger partial charge in [-0.1, -0.05) is 6.92 Å². The Labute approximate surface area is 100 Å². The number of aromatic nitrogens is 2. The maximum Gasteiger partial charge on any atom is 0.218 e. The highest BCUT2D eigenvalue weighted by Crippen LogP contribution is 2.21. The van der Waals surface area contributed by atoms with Crippen LogP contribution in [0.5, 0.6) is 5.88 Å². The van der Waals surface area contributed by atoms with Crippen LogP contribution < -0.4 is 10.1 Å².